The molecule has 1 aromatic carbocycles. The Morgan fingerprint density at radius 3 is 2.69 bits per heavy atom. The van der Waals surface area contributed by atoms with E-state index in [1.807, 2.05) is 26.0 Å². The summed E-state index contributed by atoms with van der Waals surface area (Å²) in [5.74, 6) is 0.427. The number of rotatable bonds is 12. The van der Waals surface area contributed by atoms with E-state index in [4.69, 9.17) is 37.5 Å². The van der Waals surface area contributed by atoms with Gasteiger partial charge in [-0.3, -0.25) is 19.6 Å². The van der Waals surface area contributed by atoms with Gasteiger partial charge >= 0.3 is 0 Å². The fourth-order valence-corrected chi connectivity index (χ4v) is 6.12. The molecule has 45 heavy (non-hydrogen) atoms. The van der Waals surface area contributed by atoms with E-state index in [1.54, 1.807) is 31.5 Å². The summed E-state index contributed by atoms with van der Waals surface area (Å²) in [6.07, 6.45) is 8.23. The molecule has 0 spiro atoms. The van der Waals surface area contributed by atoms with Crippen molar-refractivity contribution >= 4 is 35.3 Å². The molecule has 3 aromatic rings. The molecule has 6 rings (SSSR count). The molecule has 5 N–H and O–H groups in total. The Balaban J connectivity index is 1.35. The van der Waals surface area contributed by atoms with Gasteiger partial charge in [-0.1, -0.05) is 18.5 Å². The van der Waals surface area contributed by atoms with Gasteiger partial charge in [-0.15, -0.1) is 0 Å². The normalized spacial score (nSPS) is 19.6. The molecule has 0 saturated heterocycles. The second-order valence-electron chi connectivity index (χ2n) is 12.3. The number of carbonyl (C=O) groups is 2. The van der Waals surface area contributed by atoms with E-state index in [-0.39, 0.29) is 18.4 Å². The number of carbonyl (C=O) groups excluding carboxylic acids is 2. The number of nitrogens with one attached hydrogen (secondary N) is 1. The number of aromatic nitrogens is 2. The van der Waals surface area contributed by atoms with Gasteiger partial charge in [0.1, 0.15) is 29.2 Å². The van der Waals surface area contributed by atoms with Crippen LogP contribution in [0.1, 0.15) is 85.2 Å². The molecule has 11 heteroatoms. The Morgan fingerprint density at radius 2 is 2.02 bits per heavy atom. The van der Waals surface area contributed by atoms with Crippen molar-refractivity contribution < 1.29 is 19.1 Å². The van der Waals surface area contributed by atoms with Crippen molar-refractivity contribution in [3.8, 4) is 22.8 Å². The van der Waals surface area contributed by atoms with Crippen molar-refractivity contribution in [3.05, 3.63) is 63.6 Å². The molecule has 236 valence electrons. The van der Waals surface area contributed by atoms with E-state index in [9.17, 15) is 9.59 Å². The smallest absolute Gasteiger partial charge is 0.251 e. The number of nitrogens with two attached hydrogens (primary N) is 2. The van der Waals surface area contributed by atoms with Gasteiger partial charge < -0.3 is 26.3 Å². The standard InChI is InChI=1S/C34H39ClN6O4/c1-4-25-28(35)22(10-11-38-25)30-31-24(34(3,17-45-31)33(37)43)14-26(41-30)23(18-6-7-18)16-40-32(42)19-12-20(15-39-21-8-9-21)29(36)27(13-19)44-5-2/h10-15,18,21,23H,4-9,16-17,36H2,1-3H3,(H2,37,43)(H,40,42)/t23-,34-/m0/s1. The van der Waals surface area contributed by atoms with Crippen LogP contribution in [0.5, 0.6) is 11.5 Å². The van der Waals surface area contributed by atoms with Gasteiger partial charge in [-0.25, -0.2) is 4.98 Å². The highest BCUT2D eigenvalue weighted by atomic mass is 35.5. The van der Waals surface area contributed by atoms with E-state index in [1.165, 1.54) is 0 Å². The zero-order chi connectivity index (χ0) is 31.9. The summed E-state index contributed by atoms with van der Waals surface area (Å²) in [4.78, 5) is 40.4. The molecule has 0 bridgehead atoms. The Kier molecular flexibility index (Phi) is 8.43. The van der Waals surface area contributed by atoms with Gasteiger partial charge in [0.05, 0.1) is 29.1 Å². The van der Waals surface area contributed by atoms with Crippen LogP contribution in [0.2, 0.25) is 5.02 Å². The van der Waals surface area contributed by atoms with E-state index < -0.39 is 11.3 Å². The number of anilines is 1. The lowest BCUT2D eigenvalue weighted by molar-refractivity contribution is -0.123. The molecule has 2 fully saturated rings. The maximum Gasteiger partial charge on any atom is 0.251 e. The predicted molar refractivity (Wildman–Crippen MR) is 174 cm³/mol. The highest BCUT2D eigenvalue weighted by molar-refractivity contribution is 6.34. The molecule has 2 saturated carbocycles. The summed E-state index contributed by atoms with van der Waals surface area (Å²) < 4.78 is 11.9. The number of halogens is 1. The van der Waals surface area contributed by atoms with Crippen LogP contribution in [0.4, 0.5) is 5.69 Å². The van der Waals surface area contributed by atoms with Gasteiger partial charge in [-0.05, 0) is 76.1 Å². The third-order valence-corrected chi connectivity index (χ3v) is 9.37. The molecule has 1 aliphatic heterocycles. The first kappa shape index (κ1) is 30.8. The number of aryl methyl sites for hydroxylation is 1. The zero-order valence-electron chi connectivity index (χ0n) is 25.9. The van der Waals surface area contributed by atoms with Crippen molar-refractivity contribution in [2.75, 3.05) is 25.5 Å². The SMILES string of the molecule is CCOc1cc(C(=O)NC[C@H](c2cc3c(c(-c4ccnc(CC)c4Cl)n2)OC[C@]3(C)C(N)=O)C2CC2)cc(C=NC2CC2)c1N. The van der Waals surface area contributed by atoms with Gasteiger partial charge in [0.2, 0.25) is 5.91 Å². The first-order valence-electron chi connectivity index (χ1n) is 15.6. The first-order valence-corrected chi connectivity index (χ1v) is 16.0. The molecule has 2 amide bonds. The number of hydrogen-bond acceptors (Lipinski definition) is 8. The van der Waals surface area contributed by atoms with E-state index >= 15 is 0 Å². The van der Waals surface area contributed by atoms with E-state index in [2.05, 4.69) is 15.3 Å². The summed E-state index contributed by atoms with van der Waals surface area (Å²) in [6.45, 7) is 6.51. The second-order valence-corrected chi connectivity index (χ2v) is 12.7. The number of amides is 2. The molecule has 2 atom stereocenters. The molecule has 3 heterocycles. The Hall–Kier alpha value is -4.18. The van der Waals surface area contributed by atoms with Crippen LogP contribution in [-0.4, -0.2) is 53.8 Å². The molecular formula is C34H39ClN6O4. The lowest BCUT2D eigenvalue weighted by Gasteiger charge is -2.23. The molecule has 2 aromatic heterocycles. The third-order valence-electron chi connectivity index (χ3n) is 8.95. The molecular weight excluding hydrogens is 592 g/mol. The second kappa shape index (κ2) is 12.3. The number of ether oxygens (including phenoxy) is 2. The number of primary amides is 1. The van der Waals surface area contributed by atoms with Crippen LogP contribution in [0.15, 0.2) is 35.5 Å². The van der Waals surface area contributed by atoms with E-state index in [0.717, 1.165) is 37.1 Å². The maximum absolute atomic E-state index is 13.6. The van der Waals surface area contributed by atoms with Gasteiger partial charge in [0, 0.05) is 52.8 Å². The number of benzene rings is 1. The van der Waals surface area contributed by atoms with Crippen LogP contribution >= 0.6 is 11.6 Å². The number of nitrogen functional groups attached to an aromatic ring is 1. The monoisotopic (exact) mass is 630 g/mol. The predicted octanol–water partition coefficient (Wildman–Crippen LogP) is 4.98. The topological polar surface area (TPSA) is 155 Å². The maximum atomic E-state index is 13.6. The number of hydrogen-bond donors (Lipinski definition) is 3. The zero-order valence-corrected chi connectivity index (χ0v) is 26.6. The van der Waals surface area contributed by atoms with Crippen molar-refractivity contribution in [1.29, 1.82) is 0 Å². The molecule has 0 radical (unpaired) electrons. The van der Waals surface area contributed by atoms with Crippen LogP contribution < -0.4 is 26.3 Å². The quantitative estimate of drug-likeness (QED) is 0.188. The van der Waals surface area contributed by atoms with Gasteiger partial charge in [0.15, 0.2) is 0 Å². The number of aliphatic imine (C=N–C) groups is 1. The molecule has 2 aliphatic carbocycles. The third kappa shape index (κ3) is 6.08. The van der Waals surface area contributed by atoms with Crippen molar-refractivity contribution in [2.45, 2.75) is 70.3 Å². The first-order chi connectivity index (χ1) is 21.6. The minimum absolute atomic E-state index is 0.107. The van der Waals surface area contributed by atoms with Crippen molar-refractivity contribution in [3.63, 3.8) is 0 Å². The molecule has 10 nitrogen and oxygen atoms in total. The summed E-state index contributed by atoms with van der Waals surface area (Å²) in [5, 5.41) is 3.63. The van der Waals surface area contributed by atoms with E-state index in [0.29, 0.717) is 81.7 Å². The average Bonchev–Trinajstić information content (AvgIpc) is 3.97. The summed E-state index contributed by atoms with van der Waals surface area (Å²) in [7, 11) is 0. The average molecular weight is 631 g/mol. The van der Waals surface area contributed by atoms with Gasteiger partial charge in [0.25, 0.3) is 5.91 Å². The van der Waals surface area contributed by atoms with Crippen LogP contribution in [0.25, 0.3) is 11.3 Å². The largest absolute Gasteiger partial charge is 0.492 e. The number of fused-ring (bicyclic) bond motifs is 1. The number of nitrogens with zero attached hydrogens (tertiary/aromatic N) is 3. The molecule has 3 aliphatic rings. The summed E-state index contributed by atoms with van der Waals surface area (Å²) in [5.41, 5.74) is 16.2. The Labute approximate surface area is 268 Å². The van der Waals surface area contributed by atoms with Crippen LogP contribution in [0.3, 0.4) is 0 Å². The lowest BCUT2D eigenvalue weighted by atomic mass is 9.82. The van der Waals surface area contributed by atoms with Crippen LogP contribution in [-0.2, 0) is 16.6 Å². The lowest BCUT2D eigenvalue weighted by Crippen LogP contribution is -2.40. The van der Waals surface area contributed by atoms with Crippen molar-refractivity contribution in [2.24, 2.45) is 16.6 Å². The van der Waals surface area contributed by atoms with Gasteiger partial charge in [-0.2, -0.15) is 0 Å². The minimum atomic E-state index is -1.04. The fraction of sp³-hybridized carbons (Fsp3) is 0.441. The Morgan fingerprint density at radius 1 is 1.24 bits per heavy atom. The molecule has 0 unspecified atom stereocenters. The fourth-order valence-electron chi connectivity index (χ4n) is 5.78. The summed E-state index contributed by atoms with van der Waals surface area (Å²) >= 11 is 6.82. The minimum Gasteiger partial charge on any atom is -0.492 e. The highest BCUT2D eigenvalue weighted by Crippen LogP contribution is 2.49. The Bertz CT molecular complexity index is 1690. The number of pyridine rings is 2. The van der Waals surface area contributed by atoms with Crippen LogP contribution in [0, 0.1) is 5.92 Å². The highest BCUT2D eigenvalue weighted by Gasteiger charge is 2.45. The van der Waals surface area contributed by atoms with Crippen molar-refractivity contribution in [1.82, 2.24) is 15.3 Å². The summed E-state index contributed by atoms with van der Waals surface area (Å²) in [6, 6.07) is 7.48.